The van der Waals surface area contributed by atoms with Crippen molar-refractivity contribution in [1.82, 2.24) is 10.9 Å². The first-order valence-electron chi connectivity index (χ1n) is 8.01. The first-order valence-corrected chi connectivity index (χ1v) is 9.37. The van der Waals surface area contributed by atoms with Crippen LogP contribution in [0.15, 0.2) is 65.6 Å². The Kier molecular flexibility index (Phi) is 5.81. The van der Waals surface area contributed by atoms with Crippen LogP contribution in [0.4, 0.5) is 0 Å². The van der Waals surface area contributed by atoms with E-state index in [2.05, 4.69) is 10.9 Å². The Balaban J connectivity index is 1.60. The molecule has 0 heterocycles. The summed E-state index contributed by atoms with van der Waals surface area (Å²) in [7, 11) is 0. The molecule has 0 spiro atoms. The summed E-state index contributed by atoms with van der Waals surface area (Å²) in [6.07, 6.45) is 0. The minimum Gasteiger partial charge on any atom is -0.272 e. The highest BCUT2D eigenvalue weighted by Crippen LogP contribution is 2.32. The average Bonchev–Trinajstić information content (AvgIpc) is 2.65. The summed E-state index contributed by atoms with van der Waals surface area (Å²) in [5, 5.41) is 2.60. The van der Waals surface area contributed by atoms with Gasteiger partial charge in [0, 0.05) is 20.9 Å². The number of amides is 2. The summed E-state index contributed by atoms with van der Waals surface area (Å²) in [6, 6.07) is 18.7. The SMILES string of the molecule is Cc1ccccc1C(=O)NNC(=O)CSc1cccc2cccc(Cl)c12. The van der Waals surface area contributed by atoms with Gasteiger partial charge in [-0.3, -0.25) is 20.4 Å². The van der Waals surface area contributed by atoms with Gasteiger partial charge < -0.3 is 0 Å². The van der Waals surface area contributed by atoms with Crippen molar-refractivity contribution in [1.29, 1.82) is 0 Å². The van der Waals surface area contributed by atoms with Crippen molar-refractivity contribution >= 4 is 45.9 Å². The van der Waals surface area contributed by atoms with E-state index in [4.69, 9.17) is 11.6 Å². The Labute approximate surface area is 160 Å². The molecule has 26 heavy (non-hydrogen) atoms. The molecular formula is C20H17ClN2O2S. The van der Waals surface area contributed by atoms with Crippen LogP contribution in [0.2, 0.25) is 5.02 Å². The van der Waals surface area contributed by atoms with Crippen molar-refractivity contribution in [3.8, 4) is 0 Å². The van der Waals surface area contributed by atoms with Crippen LogP contribution in [0.25, 0.3) is 10.8 Å². The van der Waals surface area contributed by atoms with Gasteiger partial charge in [0.1, 0.15) is 0 Å². The molecule has 0 radical (unpaired) electrons. The van der Waals surface area contributed by atoms with Gasteiger partial charge in [-0.15, -0.1) is 11.8 Å². The molecular weight excluding hydrogens is 368 g/mol. The van der Waals surface area contributed by atoms with Crippen LogP contribution in [0.1, 0.15) is 15.9 Å². The largest absolute Gasteiger partial charge is 0.272 e. The monoisotopic (exact) mass is 384 g/mol. The maximum Gasteiger partial charge on any atom is 0.269 e. The molecule has 0 aromatic heterocycles. The van der Waals surface area contributed by atoms with Crippen molar-refractivity contribution < 1.29 is 9.59 Å². The molecule has 0 atom stereocenters. The van der Waals surface area contributed by atoms with Gasteiger partial charge in [-0.1, -0.05) is 54.1 Å². The van der Waals surface area contributed by atoms with E-state index in [9.17, 15) is 9.59 Å². The topological polar surface area (TPSA) is 58.2 Å². The first-order chi connectivity index (χ1) is 12.6. The predicted octanol–water partition coefficient (Wildman–Crippen LogP) is 4.35. The molecule has 0 fully saturated rings. The van der Waals surface area contributed by atoms with Crippen LogP contribution >= 0.6 is 23.4 Å². The highest BCUT2D eigenvalue weighted by Gasteiger charge is 2.11. The second kappa shape index (κ2) is 8.25. The van der Waals surface area contributed by atoms with Gasteiger partial charge in [0.05, 0.1) is 5.75 Å². The van der Waals surface area contributed by atoms with Gasteiger partial charge >= 0.3 is 0 Å². The molecule has 0 unspecified atom stereocenters. The van der Waals surface area contributed by atoms with Crippen molar-refractivity contribution in [3.05, 3.63) is 76.8 Å². The number of nitrogens with one attached hydrogen (secondary N) is 2. The number of benzene rings is 3. The van der Waals surface area contributed by atoms with Crippen LogP contribution in [-0.2, 0) is 4.79 Å². The van der Waals surface area contributed by atoms with Crippen LogP contribution in [0, 0.1) is 6.92 Å². The van der Waals surface area contributed by atoms with Gasteiger partial charge in [0.25, 0.3) is 5.91 Å². The van der Waals surface area contributed by atoms with E-state index in [1.807, 2.05) is 55.5 Å². The third-order valence-corrected chi connectivity index (χ3v) is 5.25. The Bertz CT molecular complexity index is 970. The average molecular weight is 385 g/mol. The molecule has 4 nitrogen and oxygen atoms in total. The number of rotatable bonds is 4. The number of aryl methyl sites for hydroxylation is 1. The quantitative estimate of drug-likeness (QED) is 0.519. The second-order valence-electron chi connectivity index (χ2n) is 5.70. The third-order valence-electron chi connectivity index (χ3n) is 3.88. The fourth-order valence-corrected chi connectivity index (χ4v) is 3.83. The molecule has 0 aliphatic carbocycles. The van der Waals surface area contributed by atoms with Gasteiger partial charge in [-0.25, -0.2) is 0 Å². The van der Waals surface area contributed by atoms with Crippen molar-refractivity contribution in [2.45, 2.75) is 11.8 Å². The summed E-state index contributed by atoms with van der Waals surface area (Å²) in [4.78, 5) is 25.1. The van der Waals surface area contributed by atoms with Crippen molar-refractivity contribution in [2.75, 3.05) is 5.75 Å². The maximum absolute atomic E-state index is 12.1. The van der Waals surface area contributed by atoms with Crippen molar-refractivity contribution in [2.24, 2.45) is 0 Å². The van der Waals surface area contributed by atoms with E-state index < -0.39 is 0 Å². The standard InChI is InChI=1S/C20H17ClN2O2S/c1-13-6-2-3-9-15(13)20(25)23-22-18(24)12-26-17-11-5-8-14-7-4-10-16(21)19(14)17/h2-11H,12H2,1H3,(H,22,24)(H,23,25). The lowest BCUT2D eigenvalue weighted by Gasteiger charge is -2.10. The number of thioether (sulfide) groups is 1. The number of carbonyl (C=O) groups excluding carboxylic acids is 2. The highest BCUT2D eigenvalue weighted by molar-refractivity contribution is 8.00. The smallest absolute Gasteiger partial charge is 0.269 e. The molecule has 132 valence electrons. The molecule has 0 bridgehead atoms. The summed E-state index contributed by atoms with van der Waals surface area (Å²) >= 11 is 7.67. The molecule has 2 N–H and O–H groups in total. The number of hydrazine groups is 1. The van der Waals surface area contributed by atoms with E-state index in [1.165, 1.54) is 11.8 Å². The molecule has 0 aliphatic heterocycles. The lowest BCUT2D eigenvalue weighted by molar-refractivity contribution is -0.119. The normalized spacial score (nSPS) is 10.5. The predicted molar refractivity (Wildman–Crippen MR) is 106 cm³/mol. The van der Waals surface area contributed by atoms with Crippen LogP contribution in [-0.4, -0.2) is 17.6 Å². The summed E-state index contributed by atoms with van der Waals surface area (Å²) in [6.45, 7) is 1.84. The fraction of sp³-hybridized carbons (Fsp3) is 0.100. The highest BCUT2D eigenvalue weighted by atomic mass is 35.5. The summed E-state index contributed by atoms with van der Waals surface area (Å²) in [5.41, 5.74) is 6.27. The third kappa shape index (κ3) is 4.18. The number of halogens is 1. The zero-order valence-corrected chi connectivity index (χ0v) is 15.7. The Morgan fingerprint density at radius 1 is 0.962 bits per heavy atom. The molecule has 6 heteroatoms. The maximum atomic E-state index is 12.1. The first kappa shape index (κ1) is 18.3. The summed E-state index contributed by atoms with van der Waals surface area (Å²) in [5.74, 6) is -0.464. The molecule has 0 saturated heterocycles. The zero-order valence-electron chi connectivity index (χ0n) is 14.1. The number of carbonyl (C=O) groups is 2. The minimum atomic E-state index is -0.338. The molecule has 3 rings (SSSR count). The van der Waals surface area contributed by atoms with Crippen molar-refractivity contribution in [3.63, 3.8) is 0 Å². The summed E-state index contributed by atoms with van der Waals surface area (Å²) < 4.78 is 0. The van der Waals surface area contributed by atoms with Gasteiger partial charge in [-0.2, -0.15) is 0 Å². The van der Waals surface area contributed by atoms with Crippen LogP contribution in [0.5, 0.6) is 0 Å². The minimum absolute atomic E-state index is 0.165. The van der Waals surface area contributed by atoms with Gasteiger partial charge in [-0.05, 0) is 36.1 Å². The lowest BCUT2D eigenvalue weighted by Crippen LogP contribution is -2.42. The number of hydrogen-bond donors (Lipinski definition) is 2. The Morgan fingerprint density at radius 3 is 2.46 bits per heavy atom. The van der Waals surface area contributed by atoms with E-state index >= 15 is 0 Å². The molecule has 0 aliphatic rings. The van der Waals surface area contributed by atoms with E-state index in [1.54, 1.807) is 12.1 Å². The van der Waals surface area contributed by atoms with E-state index in [-0.39, 0.29) is 17.6 Å². The molecule has 2 amide bonds. The molecule has 0 saturated carbocycles. The van der Waals surface area contributed by atoms with Gasteiger partial charge in [0.15, 0.2) is 0 Å². The zero-order chi connectivity index (χ0) is 18.5. The van der Waals surface area contributed by atoms with Crippen LogP contribution in [0.3, 0.4) is 0 Å². The fourth-order valence-electron chi connectivity index (χ4n) is 2.58. The lowest BCUT2D eigenvalue weighted by atomic mass is 10.1. The second-order valence-corrected chi connectivity index (χ2v) is 7.12. The van der Waals surface area contributed by atoms with Crippen LogP contribution < -0.4 is 10.9 Å². The van der Waals surface area contributed by atoms with E-state index in [0.717, 1.165) is 21.2 Å². The molecule has 3 aromatic rings. The number of hydrogen-bond acceptors (Lipinski definition) is 3. The van der Waals surface area contributed by atoms with Gasteiger partial charge in [0.2, 0.25) is 5.91 Å². The number of fused-ring (bicyclic) bond motifs is 1. The van der Waals surface area contributed by atoms with E-state index in [0.29, 0.717) is 10.6 Å². The Morgan fingerprint density at radius 2 is 1.69 bits per heavy atom. The Hall–Kier alpha value is -2.50. The molecule has 3 aromatic carbocycles.